The molecule has 6 nitrogen and oxygen atoms in total. The topological polar surface area (TPSA) is 78.9 Å². The van der Waals surface area contributed by atoms with E-state index >= 15 is 0 Å². The van der Waals surface area contributed by atoms with E-state index in [1.54, 1.807) is 0 Å². The standard InChI is InChI=1S/C54H104O6/c1-5-7-9-11-13-14-15-16-17-18-19-20-24-27-30-34-37-41-45-52(55)58-48-51(60-54(57)47-43-39-32-12-10-8-6-2)49-59-53(56)46-42-38-35-31-28-25-22-21-23-26-29-33-36-40-44-50(3)4/h50-51H,5-49H2,1-4H3/t51-/m1/s1. The number of hydrogen-bond acceptors (Lipinski definition) is 6. The van der Waals surface area contributed by atoms with Crippen molar-refractivity contribution in [3.63, 3.8) is 0 Å². The van der Waals surface area contributed by atoms with Crippen LogP contribution in [0.5, 0.6) is 0 Å². The van der Waals surface area contributed by atoms with Crippen molar-refractivity contribution in [3.8, 4) is 0 Å². The molecule has 356 valence electrons. The summed E-state index contributed by atoms with van der Waals surface area (Å²) in [5.74, 6) is -0.00433. The molecule has 0 aliphatic carbocycles. The van der Waals surface area contributed by atoms with Crippen LogP contribution in [-0.4, -0.2) is 37.2 Å². The van der Waals surface area contributed by atoms with Gasteiger partial charge in [0.05, 0.1) is 0 Å². The number of carbonyl (C=O) groups excluding carboxylic acids is 3. The Morgan fingerprint density at radius 1 is 0.317 bits per heavy atom. The van der Waals surface area contributed by atoms with Crippen molar-refractivity contribution in [1.82, 2.24) is 0 Å². The third-order valence-electron chi connectivity index (χ3n) is 12.3. The fraction of sp³-hybridized carbons (Fsp3) is 0.944. The smallest absolute Gasteiger partial charge is 0.306 e. The Labute approximate surface area is 374 Å². The minimum absolute atomic E-state index is 0.0631. The quantitative estimate of drug-likeness (QED) is 0.0345. The van der Waals surface area contributed by atoms with Gasteiger partial charge in [-0.05, 0) is 25.2 Å². The molecule has 0 rings (SSSR count). The average molecular weight is 849 g/mol. The summed E-state index contributed by atoms with van der Waals surface area (Å²) in [7, 11) is 0. The Bertz CT molecular complexity index is 903. The molecular formula is C54H104O6. The summed E-state index contributed by atoms with van der Waals surface area (Å²) >= 11 is 0. The third kappa shape index (κ3) is 47.5. The first kappa shape index (κ1) is 58.4. The van der Waals surface area contributed by atoms with Gasteiger partial charge in [-0.25, -0.2) is 0 Å². The van der Waals surface area contributed by atoms with Gasteiger partial charge in [0.15, 0.2) is 6.10 Å². The summed E-state index contributed by atoms with van der Waals surface area (Å²) in [5, 5.41) is 0. The van der Waals surface area contributed by atoms with Crippen molar-refractivity contribution in [2.75, 3.05) is 13.2 Å². The largest absolute Gasteiger partial charge is 0.462 e. The number of rotatable bonds is 49. The molecule has 0 bridgehead atoms. The molecule has 0 heterocycles. The van der Waals surface area contributed by atoms with Gasteiger partial charge in [-0.1, -0.05) is 265 Å². The average Bonchev–Trinajstić information content (AvgIpc) is 3.23. The predicted molar refractivity (Wildman–Crippen MR) is 257 cm³/mol. The number of carbonyl (C=O) groups is 3. The van der Waals surface area contributed by atoms with Crippen molar-refractivity contribution in [1.29, 1.82) is 0 Å². The van der Waals surface area contributed by atoms with Crippen LogP contribution in [0.4, 0.5) is 0 Å². The number of esters is 3. The van der Waals surface area contributed by atoms with Gasteiger partial charge in [-0.3, -0.25) is 14.4 Å². The number of hydrogen-bond donors (Lipinski definition) is 0. The molecule has 0 spiro atoms. The van der Waals surface area contributed by atoms with Crippen LogP contribution in [0, 0.1) is 5.92 Å². The first-order valence-electron chi connectivity index (χ1n) is 26.9. The summed E-state index contributed by atoms with van der Waals surface area (Å²) in [4.78, 5) is 37.8. The number of ether oxygens (including phenoxy) is 3. The molecule has 0 saturated heterocycles. The van der Waals surface area contributed by atoms with Gasteiger partial charge < -0.3 is 14.2 Å². The summed E-state index contributed by atoms with van der Waals surface area (Å²) in [5.41, 5.74) is 0. The highest BCUT2D eigenvalue weighted by Crippen LogP contribution is 2.17. The molecule has 0 aliphatic heterocycles. The van der Waals surface area contributed by atoms with Gasteiger partial charge in [0.25, 0.3) is 0 Å². The lowest BCUT2D eigenvalue weighted by molar-refractivity contribution is -0.167. The lowest BCUT2D eigenvalue weighted by Gasteiger charge is -2.18. The van der Waals surface area contributed by atoms with E-state index in [1.165, 1.54) is 199 Å². The van der Waals surface area contributed by atoms with Crippen LogP contribution in [0.3, 0.4) is 0 Å². The van der Waals surface area contributed by atoms with E-state index in [0.29, 0.717) is 19.3 Å². The SMILES string of the molecule is CCCCCCCCCCCCCCCCCCCCC(=O)OC[C@H](COC(=O)CCCCCCCCCCCCCCCCC(C)C)OC(=O)CCCCCCCCC. The Balaban J connectivity index is 4.13. The molecule has 0 saturated carbocycles. The van der Waals surface area contributed by atoms with Crippen molar-refractivity contribution in [2.24, 2.45) is 5.92 Å². The number of unbranched alkanes of at least 4 members (excludes halogenated alkanes) is 36. The van der Waals surface area contributed by atoms with Crippen LogP contribution in [-0.2, 0) is 28.6 Å². The maximum absolute atomic E-state index is 12.7. The zero-order valence-corrected chi connectivity index (χ0v) is 40.9. The first-order chi connectivity index (χ1) is 29.4. The molecular weight excluding hydrogens is 745 g/mol. The van der Waals surface area contributed by atoms with Crippen molar-refractivity contribution >= 4 is 17.9 Å². The lowest BCUT2D eigenvalue weighted by Crippen LogP contribution is -2.30. The first-order valence-corrected chi connectivity index (χ1v) is 26.9. The third-order valence-corrected chi connectivity index (χ3v) is 12.3. The molecule has 0 aliphatic rings. The summed E-state index contributed by atoms with van der Waals surface area (Å²) in [6, 6.07) is 0. The molecule has 0 aromatic carbocycles. The van der Waals surface area contributed by atoms with Gasteiger partial charge in [0.2, 0.25) is 0 Å². The molecule has 6 heteroatoms. The van der Waals surface area contributed by atoms with E-state index < -0.39 is 6.10 Å². The van der Waals surface area contributed by atoms with E-state index in [1.807, 2.05) is 0 Å². The fourth-order valence-electron chi connectivity index (χ4n) is 8.22. The van der Waals surface area contributed by atoms with Crippen LogP contribution in [0.1, 0.15) is 304 Å². The van der Waals surface area contributed by atoms with Gasteiger partial charge in [-0.15, -0.1) is 0 Å². The van der Waals surface area contributed by atoms with Crippen LogP contribution in [0.2, 0.25) is 0 Å². The Morgan fingerprint density at radius 2 is 0.550 bits per heavy atom. The molecule has 0 amide bonds. The second-order valence-corrected chi connectivity index (χ2v) is 19.0. The van der Waals surface area contributed by atoms with Crippen LogP contribution >= 0.6 is 0 Å². The van der Waals surface area contributed by atoms with E-state index in [0.717, 1.165) is 63.7 Å². The zero-order chi connectivity index (χ0) is 43.8. The summed E-state index contributed by atoms with van der Waals surface area (Å²) in [6.07, 6.45) is 51.1. The second kappa shape index (κ2) is 48.4. The Hall–Kier alpha value is -1.59. The van der Waals surface area contributed by atoms with Crippen LogP contribution in [0.25, 0.3) is 0 Å². The van der Waals surface area contributed by atoms with E-state index in [-0.39, 0.29) is 31.1 Å². The maximum atomic E-state index is 12.7. The van der Waals surface area contributed by atoms with Gasteiger partial charge in [-0.2, -0.15) is 0 Å². The molecule has 0 unspecified atom stereocenters. The highest BCUT2D eigenvalue weighted by Gasteiger charge is 2.19. The highest BCUT2D eigenvalue weighted by atomic mass is 16.6. The van der Waals surface area contributed by atoms with Crippen molar-refractivity contribution in [2.45, 2.75) is 310 Å². The Morgan fingerprint density at radius 3 is 0.817 bits per heavy atom. The minimum atomic E-state index is -0.759. The van der Waals surface area contributed by atoms with Gasteiger partial charge in [0, 0.05) is 19.3 Å². The summed E-state index contributed by atoms with van der Waals surface area (Å²) in [6.45, 7) is 9.01. The zero-order valence-electron chi connectivity index (χ0n) is 40.9. The van der Waals surface area contributed by atoms with Gasteiger partial charge in [0.1, 0.15) is 13.2 Å². The molecule has 0 N–H and O–H groups in total. The van der Waals surface area contributed by atoms with Crippen molar-refractivity contribution in [3.05, 3.63) is 0 Å². The maximum Gasteiger partial charge on any atom is 0.306 e. The van der Waals surface area contributed by atoms with E-state index in [2.05, 4.69) is 27.7 Å². The van der Waals surface area contributed by atoms with Crippen LogP contribution in [0.15, 0.2) is 0 Å². The molecule has 0 fully saturated rings. The van der Waals surface area contributed by atoms with Crippen molar-refractivity contribution < 1.29 is 28.6 Å². The molecule has 0 radical (unpaired) electrons. The van der Waals surface area contributed by atoms with E-state index in [9.17, 15) is 14.4 Å². The monoisotopic (exact) mass is 849 g/mol. The predicted octanol–water partition coefficient (Wildman–Crippen LogP) is 17.5. The van der Waals surface area contributed by atoms with Crippen LogP contribution < -0.4 is 0 Å². The lowest BCUT2D eigenvalue weighted by atomic mass is 10.0. The van der Waals surface area contributed by atoms with Gasteiger partial charge >= 0.3 is 17.9 Å². The molecule has 0 aromatic heterocycles. The molecule has 60 heavy (non-hydrogen) atoms. The Kier molecular flexibility index (Phi) is 47.2. The summed E-state index contributed by atoms with van der Waals surface area (Å²) < 4.78 is 16.8. The molecule has 1 atom stereocenters. The normalized spacial score (nSPS) is 11.9. The molecule has 0 aromatic rings. The highest BCUT2D eigenvalue weighted by molar-refractivity contribution is 5.71. The minimum Gasteiger partial charge on any atom is -0.462 e. The fourth-order valence-corrected chi connectivity index (χ4v) is 8.22. The second-order valence-electron chi connectivity index (χ2n) is 19.0. The van der Waals surface area contributed by atoms with E-state index in [4.69, 9.17) is 14.2 Å².